The normalized spacial score (nSPS) is 30.4. The smallest absolute Gasteiger partial charge is 0.184 e. The summed E-state index contributed by atoms with van der Waals surface area (Å²) < 4.78 is 32.1. The van der Waals surface area contributed by atoms with Crippen molar-refractivity contribution in [3.8, 4) is 0 Å². The Morgan fingerprint density at radius 3 is 1.91 bits per heavy atom. The molecule has 0 bridgehead atoms. The van der Waals surface area contributed by atoms with E-state index in [-0.39, 0.29) is 30.5 Å². The van der Waals surface area contributed by atoms with Crippen LogP contribution in [-0.2, 0) is 23.7 Å². The van der Waals surface area contributed by atoms with E-state index in [4.69, 9.17) is 23.7 Å². The molecule has 0 aromatic heterocycles. The second kappa shape index (κ2) is 10.9. The molecule has 0 saturated carbocycles. The monoisotopic (exact) mass is 440 g/mol. The second-order valence-electron chi connectivity index (χ2n) is 9.57. The van der Waals surface area contributed by atoms with E-state index in [1.54, 1.807) is 0 Å². The van der Waals surface area contributed by atoms with Crippen molar-refractivity contribution in [1.82, 2.24) is 0 Å². The van der Waals surface area contributed by atoms with Gasteiger partial charge in [-0.05, 0) is 17.4 Å². The maximum absolute atomic E-state index is 6.59. The van der Waals surface area contributed by atoms with Crippen molar-refractivity contribution in [3.05, 3.63) is 71.8 Å². The van der Waals surface area contributed by atoms with Crippen LogP contribution in [-0.4, -0.2) is 44.2 Å². The lowest BCUT2D eigenvalue weighted by Crippen LogP contribution is -2.60. The van der Waals surface area contributed by atoms with Gasteiger partial charge in [-0.15, -0.1) is 0 Å². The Morgan fingerprint density at radius 1 is 0.750 bits per heavy atom. The van der Waals surface area contributed by atoms with E-state index in [9.17, 15) is 0 Å². The van der Waals surface area contributed by atoms with Gasteiger partial charge in [-0.1, -0.05) is 88.4 Å². The van der Waals surface area contributed by atoms with Crippen molar-refractivity contribution in [2.24, 2.45) is 11.8 Å². The predicted molar refractivity (Wildman–Crippen MR) is 123 cm³/mol. The zero-order valence-corrected chi connectivity index (χ0v) is 19.6. The summed E-state index contributed by atoms with van der Waals surface area (Å²) in [4.78, 5) is 0. The number of benzene rings is 2. The third-order valence-electron chi connectivity index (χ3n) is 5.77. The summed E-state index contributed by atoms with van der Waals surface area (Å²) >= 11 is 0. The van der Waals surface area contributed by atoms with E-state index >= 15 is 0 Å². The average Bonchev–Trinajstić information content (AvgIpc) is 2.81. The molecule has 2 saturated heterocycles. The molecule has 32 heavy (non-hydrogen) atoms. The molecule has 2 aromatic carbocycles. The van der Waals surface area contributed by atoms with Crippen molar-refractivity contribution in [3.63, 3.8) is 0 Å². The Kier molecular flexibility index (Phi) is 7.98. The molecule has 2 aromatic rings. The molecule has 0 aliphatic carbocycles. The van der Waals surface area contributed by atoms with Crippen LogP contribution in [0.5, 0.6) is 0 Å². The van der Waals surface area contributed by atoms with Crippen LogP contribution in [0.2, 0.25) is 0 Å². The summed E-state index contributed by atoms with van der Waals surface area (Å²) in [6, 6.07) is 20.3. The number of ether oxygens (including phenoxy) is 5. The van der Waals surface area contributed by atoms with Crippen molar-refractivity contribution >= 4 is 0 Å². The van der Waals surface area contributed by atoms with Crippen molar-refractivity contribution in [2.45, 2.75) is 64.5 Å². The molecule has 4 rings (SSSR count). The highest BCUT2D eigenvalue weighted by atomic mass is 16.7. The minimum atomic E-state index is -0.440. The first-order valence-electron chi connectivity index (χ1n) is 11.8. The van der Waals surface area contributed by atoms with Gasteiger partial charge in [0, 0.05) is 18.8 Å². The molecule has 2 aliphatic heterocycles. The van der Waals surface area contributed by atoms with Crippen molar-refractivity contribution < 1.29 is 23.7 Å². The highest BCUT2D eigenvalue weighted by molar-refractivity contribution is 5.21. The van der Waals surface area contributed by atoms with Crippen molar-refractivity contribution in [2.75, 3.05) is 19.8 Å². The molecule has 0 spiro atoms. The van der Waals surface area contributed by atoms with Crippen molar-refractivity contribution in [1.29, 1.82) is 0 Å². The lowest BCUT2D eigenvalue weighted by molar-refractivity contribution is -0.340. The van der Waals surface area contributed by atoms with Crippen LogP contribution >= 0.6 is 0 Å². The third kappa shape index (κ3) is 5.59. The van der Waals surface area contributed by atoms with E-state index in [0.29, 0.717) is 31.7 Å². The van der Waals surface area contributed by atoms with Crippen LogP contribution in [0, 0.1) is 11.8 Å². The van der Waals surface area contributed by atoms with Crippen LogP contribution < -0.4 is 0 Å². The van der Waals surface area contributed by atoms with E-state index in [1.165, 1.54) is 0 Å². The molecule has 2 aliphatic rings. The minimum Gasteiger partial charge on any atom is -0.372 e. The maximum Gasteiger partial charge on any atom is 0.184 e. The second-order valence-corrected chi connectivity index (χ2v) is 9.57. The fourth-order valence-electron chi connectivity index (χ4n) is 4.25. The largest absolute Gasteiger partial charge is 0.372 e. The molecule has 0 amide bonds. The number of fused-ring (bicyclic) bond motifs is 1. The highest BCUT2D eigenvalue weighted by Gasteiger charge is 2.51. The van der Waals surface area contributed by atoms with Gasteiger partial charge in [-0.3, -0.25) is 0 Å². The molecule has 174 valence electrons. The summed E-state index contributed by atoms with van der Waals surface area (Å²) in [5, 5.41) is 0. The molecule has 0 N–H and O–H groups in total. The summed E-state index contributed by atoms with van der Waals surface area (Å²) in [6.45, 7) is 10.4. The van der Waals surface area contributed by atoms with Gasteiger partial charge in [0.15, 0.2) is 6.29 Å². The SMILES string of the molecule is CC(C)CO[C@@H]1[C@@H](OCC(C)C)[C@@H](c2ccccc2)O[C@@H]2CO[C@@H](c3ccccc3)O[C@@H]12. The Morgan fingerprint density at radius 2 is 1.31 bits per heavy atom. The third-order valence-corrected chi connectivity index (χ3v) is 5.77. The van der Waals surface area contributed by atoms with Crippen LogP contribution in [0.25, 0.3) is 0 Å². The first-order chi connectivity index (χ1) is 15.5. The Hall–Kier alpha value is -1.76. The standard InChI is InChI=1S/C27H36O5/c1-18(2)15-28-25-23(20-11-7-5-8-12-20)31-22-17-30-27(21-13-9-6-10-14-21)32-24(22)26(25)29-16-19(3)4/h5-14,18-19,22-27H,15-17H2,1-4H3/t22-,23-,24-,25+,26+,27-/m1/s1. The zero-order chi connectivity index (χ0) is 22.5. The van der Waals surface area contributed by atoms with E-state index < -0.39 is 6.29 Å². The minimum absolute atomic E-state index is 0.226. The van der Waals surface area contributed by atoms with Crippen LogP contribution in [0.1, 0.15) is 51.2 Å². The maximum atomic E-state index is 6.59. The van der Waals surface area contributed by atoms with Gasteiger partial charge < -0.3 is 23.7 Å². The Labute approximate surface area is 192 Å². The van der Waals surface area contributed by atoms with Gasteiger partial charge in [-0.2, -0.15) is 0 Å². The van der Waals surface area contributed by atoms with Crippen LogP contribution in [0.4, 0.5) is 0 Å². The molecule has 5 nitrogen and oxygen atoms in total. The molecule has 2 heterocycles. The Bertz CT molecular complexity index is 809. The molecule has 6 atom stereocenters. The lowest BCUT2D eigenvalue weighted by Gasteiger charge is -2.49. The predicted octanol–water partition coefficient (Wildman–Crippen LogP) is 5.32. The van der Waals surface area contributed by atoms with Gasteiger partial charge in [0.1, 0.15) is 30.5 Å². The van der Waals surface area contributed by atoms with Gasteiger partial charge in [-0.25, -0.2) is 0 Å². The van der Waals surface area contributed by atoms with Gasteiger partial charge in [0.05, 0.1) is 6.61 Å². The molecule has 5 heteroatoms. The van der Waals surface area contributed by atoms with Crippen LogP contribution in [0.15, 0.2) is 60.7 Å². The molecule has 2 fully saturated rings. The van der Waals surface area contributed by atoms with Gasteiger partial charge in [0.2, 0.25) is 0 Å². The topological polar surface area (TPSA) is 46.2 Å². The first kappa shape index (κ1) is 23.4. The molecular weight excluding hydrogens is 404 g/mol. The van der Waals surface area contributed by atoms with Gasteiger partial charge in [0.25, 0.3) is 0 Å². The number of rotatable bonds is 8. The fourth-order valence-corrected chi connectivity index (χ4v) is 4.25. The first-order valence-corrected chi connectivity index (χ1v) is 11.8. The summed E-state index contributed by atoms with van der Waals surface area (Å²) in [6.07, 6.45) is -1.70. The summed E-state index contributed by atoms with van der Waals surface area (Å²) in [7, 11) is 0. The van der Waals surface area contributed by atoms with E-state index in [2.05, 4.69) is 39.8 Å². The molecule has 0 unspecified atom stereocenters. The number of hydrogen-bond acceptors (Lipinski definition) is 5. The summed E-state index contributed by atoms with van der Waals surface area (Å²) in [5.74, 6) is 0.810. The number of hydrogen-bond donors (Lipinski definition) is 0. The molecular formula is C27H36O5. The highest BCUT2D eigenvalue weighted by Crippen LogP contribution is 2.41. The van der Waals surface area contributed by atoms with E-state index in [1.807, 2.05) is 48.5 Å². The summed E-state index contributed by atoms with van der Waals surface area (Å²) in [5.41, 5.74) is 2.08. The molecule has 0 radical (unpaired) electrons. The van der Waals surface area contributed by atoms with Crippen LogP contribution in [0.3, 0.4) is 0 Å². The van der Waals surface area contributed by atoms with E-state index in [0.717, 1.165) is 11.1 Å². The fraction of sp³-hybridized carbons (Fsp3) is 0.556. The Balaban J connectivity index is 1.63. The lowest BCUT2D eigenvalue weighted by atomic mass is 9.90. The quantitative estimate of drug-likeness (QED) is 0.556. The van der Waals surface area contributed by atoms with Gasteiger partial charge >= 0.3 is 0 Å². The zero-order valence-electron chi connectivity index (χ0n) is 19.6. The average molecular weight is 441 g/mol.